The van der Waals surface area contributed by atoms with Crippen LogP contribution in [0.4, 0.5) is 11.4 Å². The van der Waals surface area contributed by atoms with Crippen molar-refractivity contribution in [3.63, 3.8) is 0 Å². The van der Waals surface area contributed by atoms with Gasteiger partial charge in [-0.2, -0.15) is 0 Å². The van der Waals surface area contributed by atoms with E-state index < -0.39 is 0 Å². The minimum absolute atomic E-state index is 0.131. The minimum atomic E-state index is -0.131. The molecule has 6 nitrogen and oxygen atoms in total. The molecule has 49 heavy (non-hydrogen) atoms. The Labute approximate surface area is 308 Å². The monoisotopic (exact) mass is 796 g/mol. The van der Waals surface area contributed by atoms with Crippen LogP contribution in [0.2, 0.25) is 0 Å². The number of halogens is 2. The van der Waals surface area contributed by atoms with Crippen LogP contribution in [0.5, 0.6) is 17.2 Å². The quantitative estimate of drug-likeness (QED) is 0.125. The Balaban J connectivity index is 1.20. The zero-order valence-electron chi connectivity index (χ0n) is 27.3. The highest BCUT2D eigenvalue weighted by Crippen LogP contribution is 2.40. The molecule has 6 rings (SSSR count). The Kier molecular flexibility index (Phi) is 11.2. The van der Waals surface area contributed by atoms with Crippen LogP contribution >= 0.6 is 43.6 Å². The Morgan fingerprint density at radius 3 is 2.06 bits per heavy atom. The summed E-state index contributed by atoms with van der Waals surface area (Å²) < 4.78 is 19.7. The highest BCUT2D eigenvalue weighted by molar-refractivity contribution is 9.11. The summed E-state index contributed by atoms with van der Waals surface area (Å²) in [5.74, 6) is 1.87. The van der Waals surface area contributed by atoms with Crippen molar-refractivity contribution in [2.45, 2.75) is 34.0 Å². The molecule has 5 aromatic carbocycles. The standard InChI is InChI=1S/C40H34Br2N2O4S/c1-4-46-36-22-29(14-19-35(36)47-24-28-8-6-5-7-9-28)25-48-38-33(41)20-30(21-34(38)42)23-37-39(45)44(32-17-12-27(3)13-18-32)40(49-37)43-31-15-10-26(2)11-16-31/h5-23H,4,24-25H2,1-3H3/b37-23+,43-40?. The van der Waals surface area contributed by atoms with Gasteiger partial charge in [-0.05, 0) is 136 Å². The van der Waals surface area contributed by atoms with E-state index in [0.717, 1.165) is 48.1 Å². The summed E-state index contributed by atoms with van der Waals surface area (Å²) in [6.07, 6.45) is 1.88. The first-order valence-electron chi connectivity index (χ1n) is 15.8. The summed E-state index contributed by atoms with van der Waals surface area (Å²) >= 11 is 8.74. The van der Waals surface area contributed by atoms with Crippen LogP contribution in [-0.2, 0) is 18.0 Å². The lowest BCUT2D eigenvalue weighted by atomic mass is 10.2. The van der Waals surface area contributed by atoms with Crippen molar-refractivity contribution >= 4 is 72.1 Å². The van der Waals surface area contributed by atoms with Crippen LogP contribution in [0.15, 0.2) is 128 Å². The molecule has 0 aliphatic carbocycles. The minimum Gasteiger partial charge on any atom is -0.490 e. The molecule has 248 valence electrons. The molecule has 1 aliphatic heterocycles. The molecule has 1 aliphatic rings. The van der Waals surface area contributed by atoms with Gasteiger partial charge in [-0.25, -0.2) is 4.99 Å². The smallest absolute Gasteiger partial charge is 0.271 e. The second-order valence-electron chi connectivity index (χ2n) is 11.4. The topological polar surface area (TPSA) is 60.4 Å². The third-order valence-electron chi connectivity index (χ3n) is 7.60. The molecule has 0 atom stereocenters. The van der Waals surface area contributed by atoms with Crippen LogP contribution in [0, 0.1) is 13.8 Å². The number of amides is 1. The lowest BCUT2D eigenvalue weighted by Gasteiger charge is -2.16. The number of hydrogen-bond acceptors (Lipinski definition) is 6. The Morgan fingerprint density at radius 1 is 0.735 bits per heavy atom. The van der Waals surface area contributed by atoms with Crippen molar-refractivity contribution in [3.05, 3.63) is 151 Å². The number of nitrogens with zero attached hydrogens (tertiary/aromatic N) is 2. The molecule has 1 saturated heterocycles. The molecule has 0 aromatic heterocycles. The second-order valence-corrected chi connectivity index (χ2v) is 14.1. The average molecular weight is 799 g/mol. The highest BCUT2D eigenvalue weighted by atomic mass is 79.9. The fourth-order valence-corrected chi connectivity index (χ4v) is 7.52. The van der Waals surface area contributed by atoms with E-state index in [2.05, 4.69) is 31.9 Å². The molecule has 1 fully saturated rings. The van der Waals surface area contributed by atoms with E-state index in [-0.39, 0.29) is 5.91 Å². The number of thioether (sulfide) groups is 1. The predicted octanol–water partition coefficient (Wildman–Crippen LogP) is 11.2. The molecule has 5 aromatic rings. The van der Waals surface area contributed by atoms with E-state index in [1.807, 2.05) is 136 Å². The van der Waals surface area contributed by atoms with E-state index in [0.29, 0.717) is 47.1 Å². The number of carbonyl (C=O) groups excluding carboxylic acids is 1. The maximum Gasteiger partial charge on any atom is 0.271 e. The number of ether oxygens (including phenoxy) is 3. The molecule has 0 radical (unpaired) electrons. The Bertz CT molecular complexity index is 1990. The fraction of sp³-hybridized carbons (Fsp3) is 0.150. The van der Waals surface area contributed by atoms with Crippen molar-refractivity contribution in [3.8, 4) is 17.2 Å². The van der Waals surface area contributed by atoms with E-state index in [1.165, 1.54) is 11.8 Å². The van der Waals surface area contributed by atoms with Crippen molar-refractivity contribution in [2.75, 3.05) is 11.5 Å². The SMILES string of the molecule is CCOc1cc(COc2c(Br)cc(/C=C3/SC(=Nc4ccc(C)cc4)N(c4ccc(C)cc4)C3=O)cc2Br)ccc1OCc1ccccc1. The lowest BCUT2D eigenvalue weighted by Crippen LogP contribution is -2.28. The van der Waals surface area contributed by atoms with Crippen molar-refractivity contribution in [2.24, 2.45) is 4.99 Å². The highest BCUT2D eigenvalue weighted by Gasteiger charge is 2.35. The summed E-state index contributed by atoms with van der Waals surface area (Å²) in [6, 6.07) is 35.6. The number of benzene rings is 5. The molecule has 9 heteroatoms. The second kappa shape index (κ2) is 15.9. The molecular weight excluding hydrogens is 764 g/mol. The number of amidine groups is 1. The maximum atomic E-state index is 13.8. The van der Waals surface area contributed by atoms with Gasteiger partial charge in [-0.3, -0.25) is 9.69 Å². The number of hydrogen-bond donors (Lipinski definition) is 0. The van der Waals surface area contributed by atoms with Crippen molar-refractivity contribution in [1.82, 2.24) is 0 Å². The van der Waals surface area contributed by atoms with Gasteiger partial charge in [0, 0.05) is 0 Å². The molecule has 1 heterocycles. The maximum absolute atomic E-state index is 13.8. The summed E-state index contributed by atoms with van der Waals surface area (Å²) in [5.41, 5.74) is 6.68. The lowest BCUT2D eigenvalue weighted by molar-refractivity contribution is -0.113. The summed E-state index contributed by atoms with van der Waals surface area (Å²) in [4.78, 5) is 20.9. The van der Waals surface area contributed by atoms with Crippen LogP contribution in [0.1, 0.15) is 34.7 Å². The number of aryl methyl sites for hydroxylation is 2. The van der Waals surface area contributed by atoms with Crippen LogP contribution < -0.4 is 19.1 Å². The fourth-order valence-electron chi connectivity index (χ4n) is 5.07. The third-order valence-corrected chi connectivity index (χ3v) is 9.75. The first kappa shape index (κ1) is 34.5. The zero-order chi connectivity index (χ0) is 34.3. The summed E-state index contributed by atoms with van der Waals surface area (Å²) in [5, 5.41) is 0.602. The normalized spacial score (nSPS) is 14.5. The summed E-state index contributed by atoms with van der Waals surface area (Å²) in [6.45, 7) is 7.30. The third kappa shape index (κ3) is 8.65. The number of anilines is 1. The van der Waals surface area contributed by atoms with Crippen molar-refractivity contribution in [1.29, 1.82) is 0 Å². The van der Waals surface area contributed by atoms with Gasteiger partial charge in [0.25, 0.3) is 5.91 Å². The molecule has 0 saturated carbocycles. The van der Waals surface area contributed by atoms with Gasteiger partial charge in [0.05, 0.1) is 31.8 Å². The largest absolute Gasteiger partial charge is 0.490 e. The number of aliphatic imine (C=N–C) groups is 1. The van der Waals surface area contributed by atoms with Gasteiger partial charge in [0.15, 0.2) is 16.7 Å². The molecule has 1 amide bonds. The van der Waals surface area contributed by atoms with Gasteiger partial charge in [0.1, 0.15) is 19.0 Å². The molecule has 0 N–H and O–H groups in total. The Hall–Kier alpha value is -4.31. The number of rotatable bonds is 11. The molecule has 0 spiro atoms. The van der Waals surface area contributed by atoms with E-state index in [9.17, 15) is 4.79 Å². The predicted molar refractivity (Wildman–Crippen MR) is 207 cm³/mol. The first-order valence-corrected chi connectivity index (χ1v) is 18.2. The van der Waals surface area contributed by atoms with Crippen LogP contribution in [0.3, 0.4) is 0 Å². The van der Waals surface area contributed by atoms with Gasteiger partial charge >= 0.3 is 0 Å². The molecule has 0 bridgehead atoms. The van der Waals surface area contributed by atoms with Crippen LogP contribution in [-0.4, -0.2) is 17.7 Å². The molecule has 0 unspecified atom stereocenters. The van der Waals surface area contributed by atoms with Gasteiger partial charge in [0.2, 0.25) is 0 Å². The van der Waals surface area contributed by atoms with E-state index in [4.69, 9.17) is 19.2 Å². The van der Waals surface area contributed by atoms with Gasteiger partial charge < -0.3 is 14.2 Å². The van der Waals surface area contributed by atoms with Crippen LogP contribution in [0.25, 0.3) is 6.08 Å². The zero-order valence-corrected chi connectivity index (χ0v) is 31.3. The number of carbonyl (C=O) groups is 1. The van der Waals surface area contributed by atoms with Crippen molar-refractivity contribution < 1.29 is 19.0 Å². The average Bonchev–Trinajstić information content (AvgIpc) is 3.39. The van der Waals surface area contributed by atoms with Gasteiger partial charge in [-0.1, -0.05) is 71.8 Å². The summed E-state index contributed by atoms with van der Waals surface area (Å²) in [7, 11) is 0. The molecular formula is C40H34Br2N2O4S. The Morgan fingerprint density at radius 2 is 1.39 bits per heavy atom. The van der Waals surface area contributed by atoms with E-state index >= 15 is 0 Å². The van der Waals surface area contributed by atoms with Gasteiger partial charge in [-0.15, -0.1) is 0 Å². The van der Waals surface area contributed by atoms with E-state index in [1.54, 1.807) is 4.90 Å². The first-order chi connectivity index (χ1) is 23.8.